The van der Waals surface area contributed by atoms with Gasteiger partial charge in [0, 0.05) is 12.3 Å². The molecule has 0 radical (unpaired) electrons. The summed E-state index contributed by atoms with van der Waals surface area (Å²) in [4.78, 5) is 12.3. The predicted octanol–water partition coefficient (Wildman–Crippen LogP) is 4.30. The number of rotatable bonds is 6. The van der Waals surface area contributed by atoms with Gasteiger partial charge in [0.15, 0.2) is 5.78 Å². The molecule has 23 heavy (non-hydrogen) atoms. The summed E-state index contributed by atoms with van der Waals surface area (Å²) in [6.45, 7) is 0. The van der Waals surface area contributed by atoms with Gasteiger partial charge in [0.2, 0.25) is 0 Å². The molecule has 0 unspecified atom stereocenters. The number of ketones is 1. The molecule has 2 rings (SSSR count). The van der Waals surface area contributed by atoms with E-state index >= 15 is 0 Å². The maximum Gasteiger partial charge on any atom is 0.191 e. The third-order valence-electron chi connectivity index (χ3n) is 3.08. The van der Waals surface area contributed by atoms with Gasteiger partial charge in [0.05, 0.1) is 30.5 Å². The Hall–Kier alpha value is -2.53. The van der Waals surface area contributed by atoms with Crippen molar-refractivity contribution in [2.24, 2.45) is 0 Å². The first-order valence-corrected chi connectivity index (χ1v) is 7.07. The highest BCUT2D eigenvalue weighted by atomic mass is 35.5. The van der Waals surface area contributed by atoms with Crippen LogP contribution < -0.4 is 14.8 Å². The lowest BCUT2D eigenvalue weighted by Gasteiger charge is -2.08. The Morgan fingerprint density at radius 2 is 1.96 bits per heavy atom. The van der Waals surface area contributed by atoms with E-state index in [1.165, 1.54) is 44.7 Å². The van der Waals surface area contributed by atoms with Crippen LogP contribution in [0.25, 0.3) is 0 Å². The molecular formula is C17H15ClFNO3. The number of methoxy groups -OCH3 is 2. The van der Waals surface area contributed by atoms with Crippen LogP contribution in [-0.2, 0) is 0 Å². The first-order valence-electron chi connectivity index (χ1n) is 6.69. The first-order chi connectivity index (χ1) is 11.0. The molecule has 0 aliphatic heterocycles. The fourth-order valence-corrected chi connectivity index (χ4v) is 2.13. The molecule has 4 nitrogen and oxygen atoms in total. The standard InChI is InChI=1S/C17H15ClFNO3/c1-22-12-4-6-17(23-2)13(10-12)16(21)7-8-20-15-5-3-11(19)9-14(15)18/h3-10,20H,1-2H3/b8-7+. The molecule has 0 aliphatic carbocycles. The van der Waals surface area contributed by atoms with Crippen molar-refractivity contribution >= 4 is 23.1 Å². The van der Waals surface area contributed by atoms with Crippen LogP contribution in [0.5, 0.6) is 11.5 Å². The van der Waals surface area contributed by atoms with E-state index in [0.29, 0.717) is 22.7 Å². The normalized spacial score (nSPS) is 10.6. The molecule has 6 heteroatoms. The van der Waals surface area contributed by atoms with E-state index < -0.39 is 5.82 Å². The topological polar surface area (TPSA) is 47.6 Å². The van der Waals surface area contributed by atoms with E-state index in [-0.39, 0.29) is 10.8 Å². The average molecular weight is 336 g/mol. The van der Waals surface area contributed by atoms with E-state index in [4.69, 9.17) is 21.1 Å². The van der Waals surface area contributed by atoms with Gasteiger partial charge in [0.25, 0.3) is 0 Å². The number of carbonyl (C=O) groups is 1. The second kappa shape index (κ2) is 7.65. The van der Waals surface area contributed by atoms with Crippen LogP contribution in [0.3, 0.4) is 0 Å². The lowest BCUT2D eigenvalue weighted by atomic mass is 10.1. The van der Waals surface area contributed by atoms with Crippen molar-refractivity contribution in [3.05, 3.63) is 65.1 Å². The smallest absolute Gasteiger partial charge is 0.191 e. The maximum atomic E-state index is 13.0. The Balaban J connectivity index is 2.15. The number of halogens is 2. The number of ether oxygens (including phenoxy) is 2. The second-order valence-corrected chi connectivity index (χ2v) is 4.94. The highest BCUT2D eigenvalue weighted by molar-refractivity contribution is 6.33. The van der Waals surface area contributed by atoms with Gasteiger partial charge in [-0.25, -0.2) is 4.39 Å². The maximum absolute atomic E-state index is 13.0. The SMILES string of the molecule is COc1ccc(OC)c(C(=O)/C=C/Nc2ccc(F)cc2Cl)c1. The van der Waals surface area contributed by atoms with Crippen molar-refractivity contribution in [3.8, 4) is 11.5 Å². The van der Waals surface area contributed by atoms with Gasteiger partial charge >= 0.3 is 0 Å². The highest BCUT2D eigenvalue weighted by Crippen LogP contribution is 2.25. The van der Waals surface area contributed by atoms with E-state index in [1.54, 1.807) is 18.2 Å². The molecule has 0 fully saturated rings. The van der Waals surface area contributed by atoms with E-state index in [1.807, 2.05) is 0 Å². The van der Waals surface area contributed by atoms with Crippen molar-refractivity contribution in [1.82, 2.24) is 0 Å². The second-order valence-electron chi connectivity index (χ2n) is 4.53. The Morgan fingerprint density at radius 1 is 1.17 bits per heavy atom. The van der Waals surface area contributed by atoms with Crippen LogP contribution in [-0.4, -0.2) is 20.0 Å². The quantitative estimate of drug-likeness (QED) is 0.631. The summed E-state index contributed by atoms with van der Waals surface area (Å²) in [5.74, 6) is 0.297. The molecule has 0 atom stereocenters. The largest absolute Gasteiger partial charge is 0.497 e. The summed E-state index contributed by atoms with van der Waals surface area (Å²) in [6, 6.07) is 8.90. The number of hydrogen-bond acceptors (Lipinski definition) is 4. The van der Waals surface area contributed by atoms with Crippen molar-refractivity contribution in [3.63, 3.8) is 0 Å². The van der Waals surface area contributed by atoms with Crippen LogP contribution in [0, 0.1) is 5.82 Å². The average Bonchev–Trinajstić information content (AvgIpc) is 2.56. The molecule has 0 spiro atoms. The van der Waals surface area contributed by atoms with Gasteiger partial charge in [0.1, 0.15) is 17.3 Å². The molecule has 0 aliphatic rings. The lowest BCUT2D eigenvalue weighted by Crippen LogP contribution is -2.01. The van der Waals surface area contributed by atoms with Crippen molar-refractivity contribution < 1.29 is 18.7 Å². The van der Waals surface area contributed by atoms with Crippen LogP contribution in [0.2, 0.25) is 5.02 Å². The third-order valence-corrected chi connectivity index (χ3v) is 3.39. The molecule has 0 bridgehead atoms. The fraction of sp³-hybridized carbons (Fsp3) is 0.118. The lowest BCUT2D eigenvalue weighted by molar-refractivity contribution is 0.104. The molecule has 0 amide bonds. The van der Waals surface area contributed by atoms with E-state index in [0.717, 1.165) is 0 Å². The molecular weight excluding hydrogens is 321 g/mol. The summed E-state index contributed by atoms with van der Waals surface area (Å²) in [6.07, 6.45) is 2.76. The van der Waals surface area contributed by atoms with Gasteiger partial charge in [-0.15, -0.1) is 0 Å². The van der Waals surface area contributed by atoms with Gasteiger partial charge in [-0.1, -0.05) is 11.6 Å². The first kappa shape index (κ1) is 16.8. The Morgan fingerprint density at radius 3 is 2.61 bits per heavy atom. The number of benzene rings is 2. The highest BCUT2D eigenvalue weighted by Gasteiger charge is 2.11. The number of anilines is 1. The van der Waals surface area contributed by atoms with E-state index in [2.05, 4.69) is 5.32 Å². The number of hydrogen-bond donors (Lipinski definition) is 1. The zero-order valence-corrected chi connectivity index (χ0v) is 13.4. The van der Waals surface area contributed by atoms with Gasteiger partial charge in [-0.2, -0.15) is 0 Å². The van der Waals surface area contributed by atoms with Crippen LogP contribution in [0.1, 0.15) is 10.4 Å². The van der Waals surface area contributed by atoms with Gasteiger partial charge < -0.3 is 14.8 Å². The van der Waals surface area contributed by atoms with Crippen molar-refractivity contribution in [1.29, 1.82) is 0 Å². The molecule has 0 aromatic heterocycles. The molecule has 2 aromatic carbocycles. The van der Waals surface area contributed by atoms with Gasteiger partial charge in [-0.3, -0.25) is 4.79 Å². The summed E-state index contributed by atoms with van der Waals surface area (Å²) in [5.41, 5.74) is 0.866. The summed E-state index contributed by atoms with van der Waals surface area (Å²) >= 11 is 5.89. The van der Waals surface area contributed by atoms with Crippen molar-refractivity contribution in [2.75, 3.05) is 19.5 Å². The predicted molar refractivity (Wildman–Crippen MR) is 88.0 cm³/mol. The zero-order valence-electron chi connectivity index (χ0n) is 12.6. The van der Waals surface area contributed by atoms with E-state index in [9.17, 15) is 9.18 Å². The van der Waals surface area contributed by atoms with Crippen LogP contribution in [0.4, 0.5) is 10.1 Å². The zero-order chi connectivity index (χ0) is 16.8. The monoisotopic (exact) mass is 335 g/mol. The molecule has 0 saturated carbocycles. The molecule has 0 heterocycles. The molecule has 1 N–H and O–H groups in total. The van der Waals surface area contributed by atoms with Crippen molar-refractivity contribution in [2.45, 2.75) is 0 Å². The number of nitrogens with one attached hydrogen (secondary N) is 1. The Kier molecular flexibility index (Phi) is 5.60. The van der Waals surface area contributed by atoms with Gasteiger partial charge in [-0.05, 0) is 36.4 Å². The minimum atomic E-state index is -0.429. The summed E-state index contributed by atoms with van der Waals surface area (Å²) in [7, 11) is 3.00. The number of carbonyl (C=O) groups excluding carboxylic acids is 1. The minimum Gasteiger partial charge on any atom is -0.497 e. The van der Waals surface area contributed by atoms with Crippen LogP contribution >= 0.6 is 11.6 Å². The summed E-state index contributed by atoms with van der Waals surface area (Å²) < 4.78 is 23.2. The minimum absolute atomic E-state index is 0.223. The Bertz CT molecular complexity index is 747. The molecule has 2 aromatic rings. The third kappa shape index (κ3) is 4.23. The Labute approximate surface area is 138 Å². The van der Waals surface area contributed by atoms with Crippen LogP contribution in [0.15, 0.2) is 48.7 Å². The summed E-state index contributed by atoms with van der Waals surface area (Å²) in [5, 5.41) is 3.06. The number of allylic oxidation sites excluding steroid dienone is 1. The molecule has 120 valence electrons. The fourth-order valence-electron chi connectivity index (χ4n) is 1.91. The molecule has 0 saturated heterocycles.